The lowest BCUT2D eigenvalue weighted by atomic mass is 10.2. The van der Waals surface area contributed by atoms with Gasteiger partial charge in [0.05, 0.1) is 18.0 Å². The number of amides is 1. The fraction of sp³-hybridized carbons (Fsp3) is 0.308. The summed E-state index contributed by atoms with van der Waals surface area (Å²) in [6.07, 6.45) is 2.51. The fourth-order valence-electron chi connectivity index (χ4n) is 4.19. The molecule has 0 N–H and O–H groups in total. The zero-order chi connectivity index (χ0) is 22.6. The predicted octanol–water partition coefficient (Wildman–Crippen LogP) is 5.61. The molecule has 0 aliphatic carbocycles. The van der Waals surface area contributed by atoms with Crippen molar-refractivity contribution in [3.63, 3.8) is 0 Å². The summed E-state index contributed by atoms with van der Waals surface area (Å²) in [5, 5.41) is 3.18. The number of para-hydroxylation sites is 1. The molecule has 0 spiro atoms. The molecule has 1 fully saturated rings. The van der Waals surface area contributed by atoms with Crippen molar-refractivity contribution in [3.05, 3.63) is 64.8 Å². The van der Waals surface area contributed by atoms with Crippen LogP contribution in [0, 0.1) is 0 Å². The van der Waals surface area contributed by atoms with Crippen LogP contribution in [0.5, 0.6) is 5.75 Å². The first-order valence-corrected chi connectivity index (χ1v) is 12.3. The van der Waals surface area contributed by atoms with Crippen LogP contribution < -0.4 is 9.54 Å². The van der Waals surface area contributed by atoms with Crippen molar-refractivity contribution in [2.45, 2.75) is 32.7 Å². The molecule has 5 rings (SSSR count). The third-order valence-corrected chi connectivity index (χ3v) is 6.69. The SMILES string of the molecule is CCOc1ccc(N=c2scc(-c3cc4ccccc4o3)n2CCCN2CCCC2=O)cc1. The number of carbonyl (C=O) groups is 1. The van der Waals surface area contributed by atoms with Crippen LogP contribution in [0.4, 0.5) is 5.69 Å². The Morgan fingerprint density at radius 2 is 1.97 bits per heavy atom. The molecule has 0 bridgehead atoms. The highest BCUT2D eigenvalue weighted by Gasteiger charge is 2.20. The molecule has 0 atom stereocenters. The second-order valence-corrected chi connectivity index (χ2v) is 8.92. The molecular formula is C26H27N3O3S. The number of likely N-dealkylation sites (tertiary alicyclic amines) is 1. The van der Waals surface area contributed by atoms with Crippen molar-refractivity contribution in [1.82, 2.24) is 9.47 Å². The molecule has 1 saturated heterocycles. The summed E-state index contributed by atoms with van der Waals surface area (Å²) in [5.41, 5.74) is 2.76. The van der Waals surface area contributed by atoms with Crippen molar-refractivity contribution >= 4 is 33.9 Å². The summed E-state index contributed by atoms with van der Waals surface area (Å²) in [4.78, 5) is 19.8. The molecule has 4 aromatic rings. The maximum atomic E-state index is 12.0. The largest absolute Gasteiger partial charge is 0.494 e. The summed E-state index contributed by atoms with van der Waals surface area (Å²) in [7, 11) is 0. The molecule has 2 aromatic carbocycles. The van der Waals surface area contributed by atoms with Crippen molar-refractivity contribution in [3.8, 4) is 17.2 Å². The van der Waals surface area contributed by atoms with Crippen LogP contribution in [0.25, 0.3) is 22.4 Å². The van der Waals surface area contributed by atoms with Gasteiger partial charge in [0.1, 0.15) is 11.3 Å². The van der Waals surface area contributed by atoms with E-state index in [1.165, 1.54) is 0 Å². The van der Waals surface area contributed by atoms with E-state index in [1.54, 1.807) is 11.3 Å². The summed E-state index contributed by atoms with van der Waals surface area (Å²) in [6, 6.07) is 18.0. The number of hydrogen-bond donors (Lipinski definition) is 0. The van der Waals surface area contributed by atoms with Gasteiger partial charge in [-0.2, -0.15) is 0 Å². The normalized spacial score (nSPS) is 14.5. The average Bonchev–Trinajstić information content (AvgIpc) is 3.54. The van der Waals surface area contributed by atoms with Crippen LogP contribution in [-0.2, 0) is 11.3 Å². The van der Waals surface area contributed by atoms with E-state index in [0.29, 0.717) is 13.0 Å². The number of carbonyl (C=O) groups excluding carboxylic acids is 1. The molecule has 0 unspecified atom stereocenters. The Morgan fingerprint density at radius 3 is 2.73 bits per heavy atom. The molecule has 1 aliphatic heterocycles. The minimum atomic E-state index is 0.266. The Bertz CT molecular complexity index is 1280. The number of aromatic nitrogens is 1. The van der Waals surface area contributed by atoms with Gasteiger partial charge in [-0.25, -0.2) is 4.99 Å². The van der Waals surface area contributed by atoms with Gasteiger partial charge in [-0.15, -0.1) is 11.3 Å². The van der Waals surface area contributed by atoms with Crippen molar-refractivity contribution < 1.29 is 13.9 Å². The molecule has 3 heterocycles. The van der Waals surface area contributed by atoms with Gasteiger partial charge in [0, 0.05) is 36.8 Å². The fourth-order valence-corrected chi connectivity index (χ4v) is 5.13. The molecule has 1 amide bonds. The minimum Gasteiger partial charge on any atom is -0.494 e. The van der Waals surface area contributed by atoms with Gasteiger partial charge < -0.3 is 18.6 Å². The molecule has 2 aromatic heterocycles. The molecule has 170 valence electrons. The first-order valence-electron chi connectivity index (χ1n) is 11.4. The lowest BCUT2D eigenvalue weighted by Gasteiger charge is -2.16. The van der Waals surface area contributed by atoms with Gasteiger partial charge >= 0.3 is 0 Å². The summed E-state index contributed by atoms with van der Waals surface area (Å²) in [5.74, 6) is 1.94. The standard InChI is InChI=1S/C26H27N3O3S/c1-2-31-21-12-10-20(11-13-21)27-26-29(16-6-15-28-14-5-9-25(28)30)22(18-33-26)24-17-19-7-3-4-8-23(19)32-24/h3-4,7-8,10-13,17-18H,2,5-6,9,14-16H2,1H3. The first-order chi connectivity index (χ1) is 16.2. The predicted molar refractivity (Wildman–Crippen MR) is 131 cm³/mol. The van der Waals surface area contributed by atoms with Gasteiger partial charge in [0.25, 0.3) is 0 Å². The lowest BCUT2D eigenvalue weighted by molar-refractivity contribution is -0.127. The maximum Gasteiger partial charge on any atom is 0.222 e. The highest BCUT2D eigenvalue weighted by Crippen LogP contribution is 2.29. The van der Waals surface area contributed by atoms with Crippen molar-refractivity contribution in [2.75, 3.05) is 19.7 Å². The van der Waals surface area contributed by atoms with Crippen LogP contribution in [-0.4, -0.2) is 35.1 Å². The Hall–Kier alpha value is -3.32. The molecule has 6 nitrogen and oxygen atoms in total. The smallest absolute Gasteiger partial charge is 0.222 e. The topological polar surface area (TPSA) is 60.0 Å². The number of hydrogen-bond acceptors (Lipinski definition) is 5. The van der Waals surface area contributed by atoms with Crippen molar-refractivity contribution in [2.24, 2.45) is 4.99 Å². The minimum absolute atomic E-state index is 0.266. The Morgan fingerprint density at radius 1 is 1.12 bits per heavy atom. The molecule has 7 heteroatoms. The van der Waals surface area contributed by atoms with E-state index in [4.69, 9.17) is 14.1 Å². The van der Waals surface area contributed by atoms with Crippen molar-refractivity contribution in [1.29, 1.82) is 0 Å². The Kier molecular flexibility index (Phi) is 6.30. The lowest BCUT2D eigenvalue weighted by Crippen LogP contribution is -2.27. The van der Waals surface area contributed by atoms with Crippen LogP contribution in [0.3, 0.4) is 0 Å². The highest BCUT2D eigenvalue weighted by molar-refractivity contribution is 7.07. The third-order valence-electron chi connectivity index (χ3n) is 5.83. The maximum absolute atomic E-state index is 12.0. The third kappa shape index (κ3) is 4.73. The first kappa shape index (κ1) is 21.5. The van der Waals surface area contributed by atoms with Crippen LogP contribution in [0.1, 0.15) is 26.2 Å². The van der Waals surface area contributed by atoms with Gasteiger partial charge in [0.15, 0.2) is 10.6 Å². The highest BCUT2D eigenvalue weighted by atomic mass is 32.1. The van der Waals surface area contributed by atoms with Gasteiger partial charge in [-0.3, -0.25) is 4.79 Å². The van der Waals surface area contributed by atoms with Gasteiger partial charge in [0.2, 0.25) is 5.91 Å². The van der Waals surface area contributed by atoms with Gasteiger partial charge in [-0.1, -0.05) is 18.2 Å². The summed E-state index contributed by atoms with van der Waals surface area (Å²) >= 11 is 1.60. The Labute approximate surface area is 196 Å². The summed E-state index contributed by atoms with van der Waals surface area (Å²) in [6.45, 7) is 5.01. The second-order valence-electron chi connectivity index (χ2n) is 8.08. The Balaban J connectivity index is 1.47. The van der Waals surface area contributed by atoms with E-state index in [0.717, 1.165) is 71.1 Å². The van der Waals surface area contributed by atoms with E-state index in [9.17, 15) is 4.79 Å². The molecule has 0 saturated carbocycles. The van der Waals surface area contributed by atoms with E-state index in [2.05, 4.69) is 22.1 Å². The van der Waals surface area contributed by atoms with Crippen LogP contribution >= 0.6 is 11.3 Å². The van der Waals surface area contributed by atoms with E-state index in [-0.39, 0.29) is 5.91 Å². The van der Waals surface area contributed by atoms with Crippen LogP contribution in [0.15, 0.2) is 69.4 Å². The van der Waals surface area contributed by atoms with Gasteiger partial charge in [-0.05, 0) is 56.2 Å². The van der Waals surface area contributed by atoms with E-state index < -0.39 is 0 Å². The molecule has 1 aliphatic rings. The van der Waals surface area contributed by atoms with Crippen LogP contribution in [0.2, 0.25) is 0 Å². The molecular weight excluding hydrogens is 434 g/mol. The molecule has 33 heavy (non-hydrogen) atoms. The number of nitrogens with zero attached hydrogens (tertiary/aromatic N) is 3. The van der Waals surface area contributed by atoms with E-state index >= 15 is 0 Å². The zero-order valence-electron chi connectivity index (χ0n) is 18.7. The number of furan rings is 1. The van der Waals surface area contributed by atoms with E-state index in [1.807, 2.05) is 54.3 Å². The quantitative estimate of drug-likeness (QED) is 0.343. The second kappa shape index (κ2) is 9.67. The summed E-state index contributed by atoms with van der Waals surface area (Å²) < 4.78 is 13.9. The zero-order valence-corrected chi connectivity index (χ0v) is 19.5. The number of thiazole rings is 1. The number of fused-ring (bicyclic) bond motifs is 1. The number of benzene rings is 2. The number of rotatable bonds is 8. The average molecular weight is 462 g/mol. The monoisotopic (exact) mass is 461 g/mol. The number of ether oxygens (including phenoxy) is 1. The molecule has 0 radical (unpaired) electrons.